The third-order valence-electron chi connectivity index (χ3n) is 7.48. The Morgan fingerprint density at radius 3 is 2.49 bits per heavy atom. The molecule has 1 amide bonds. The van der Waals surface area contributed by atoms with Gasteiger partial charge < -0.3 is 19.4 Å². The van der Waals surface area contributed by atoms with Crippen LogP contribution in [0.3, 0.4) is 0 Å². The number of nitrogens with zero attached hydrogens (tertiary/aromatic N) is 2. The van der Waals surface area contributed by atoms with Gasteiger partial charge in [-0.05, 0) is 50.6 Å². The Labute approximate surface area is 249 Å². The second kappa shape index (κ2) is 13.8. The molecule has 5 rings (SSSR count). The van der Waals surface area contributed by atoms with Gasteiger partial charge in [0.2, 0.25) is 0 Å². The molecule has 0 saturated carbocycles. The minimum atomic E-state index is -0.233. The van der Waals surface area contributed by atoms with Crippen LogP contribution in [0, 0.1) is 6.92 Å². The maximum atomic E-state index is 13.2. The van der Waals surface area contributed by atoms with Crippen molar-refractivity contribution in [3.8, 4) is 17.1 Å². The number of anilines is 1. The summed E-state index contributed by atoms with van der Waals surface area (Å²) in [5.74, 6) is 1.21. The molecule has 1 aromatic heterocycles. The molecule has 0 atom stereocenters. The van der Waals surface area contributed by atoms with Crippen molar-refractivity contribution < 1.29 is 13.9 Å². The third-order valence-corrected chi connectivity index (χ3v) is 8.04. The lowest BCUT2D eigenvalue weighted by Gasteiger charge is -2.36. The van der Waals surface area contributed by atoms with E-state index in [0.29, 0.717) is 41.0 Å². The van der Waals surface area contributed by atoms with Crippen LogP contribution < -0.4 is 20.4 Å². The fourth-order valence-electron chi connectivity index (χ4n) is 5.24. The number of benzene rings is 3. The molecule has 2 heterocycles. The lowest BCUT2D eigenvalue weighted by atomic mass is 10.0. The summed E-state index contributed by atoms with van der Waals surface area (Å²) >= 11 is 3.46. The molecule has 214 valence electrons. The molecule has 0 bridgehead atoms. The third kappa shape index (κ3) is 6.82. The minimum Gasteiger partial charge on any atom is -0.491 e. The Hall–Kier alpha value is -3.62. The van der Waals surface area contributed by atoms with Gasteiger partial charge in [-0.2, -0.15) is 0 Å². The average Bonchev–Trinajstić information content (AvgIpc) is 3.02. The largest absolute Gasteiger partial charge is 0.491 e. The number of halogens is 1. The summed E-state index contributed by atoms with van der Waals surface area (Å²) in [6, 6.07) is 22.9. The molecule has 1 N–H and O–H groups in total. The molecule has 1 saturated heterocycles. The highest BCUT2D eigenvalue weighted by Gasteiger charge is 2.21. The molecule has 0 unspecified atom stereocenters. The van der Waals surface area contributed by atoms with E-state index in [0.717, 1.165) is 67.9 Å². The number of para-hydroxylation sites is 3. The van der Waals surface area contributed by atoms with Crippen molar-refractivity contribution in [1.82, 2.24) is 10.2 Å². The number of carbonyl (C=O) groups excluding carboxylic acids is 1. The predicted molar refractivity (Wildman–Crippen MR) is 169 cm³/mol. The molecule has 0 aliphatic carbocycles. The number of piperazine rings is 1. The van der Waals surface area contributed by atoms with Crippen LogP contribution >= 0.6 is 15.9 Å². The standard InChI is InChI=1S/C33H36BrN3O4/c1-24-30(38)26-12-7-13-27(32(26)41-31(24)25-10-3-2-4-11-25)33(39)35-17-9-18-36-19-21-37(22-20-36)28-14-5-6-15-29(28)40-23-8-16-34/h2-7,10-15H,8-9,16-23H2,1H3,(H,35,39). The van der Waals surface area contributed by atoms with Gasteiger partial charge in [-0.1, -0.05) is 64.5 Å². The first-order valence-corrected chi connectivity index (χ1v) is 15.3. The van der Waals surface area contributed by atoms with Crippen molar-refractivity contribution in [3.05, 3.63) is 94.1 Å². The van der Waals surface area contributed by atoms with Crippen molar-refractivity contribution in [2.75, 3.05) is 56.1 Å². The van der Waals surface area contributed by atoms with E-state index in [-0.39, 0.29) is 11.3 Å². The normalized spacial score (nSPS) is 13.9. The highest BCUT2D eigenvalue weighted by molar-refractivity contribution is 9.09. The maximum Gasteiger partial charge on any atom is 0.255 e. The van der Waals surface area contributed by atoms with Crippen molar-refractivity contribution in [1.29, 1.82) is 0 Å². The second-order valence-electron chi connectivity index (χ2n) is 10.2. The molecule has 8 heteroatoms. The zero-order chi connectivity index (χ0) is 28.6. The minimum absolute atomic E-state index is 0.119. The number of fused-ring (bicyclic) bond motifs is 1. The van der Waals surface area contributed by atoms with Crippen LogP contribution in [0.4, 0.5) is 5.69 Å². The van der Waals surface area contributed by atoms with E-state index in [2.05, 4.69) is 43.2 Å². The maximum absolute atomic E-state index is 13.2. The zero-order valence-corrected chi connectivity index (χ0v) is 25.0. The van der Waals surface area contributed by atoms with Gasteiger partial charge in [0.1, 0.15) is 11.5 Å². The first-order valence-electron chi connectivity index (χ1n) is 14.2. The van der Waals surface area contributed by atoms with E-state index in [1.54, 1.807) is 25.1 Å². The highest BCUT2D eigenvalue weighted by Crippen LogP contribution is 2.29. The molecule has 4 aromatic rings. The van der Waals surface area contributed by atoms with Crippen LogP contribution in [0.5, 0.6) is 5.75 Å². The molecule has 41 heavy (non-hydrogen) atoms. The lowest BCUT2D eigenvalue weighted by molar-refractivity contribution is 0.0952. The number of alkyl halides is 1. The van der Waals surface area contributed by atoms with Crippen LogP contribution in [0.1, 0.15) is 28.8 Å². The molecule has 7 nitrogen and oxygen atoms in total. The molecule has 0 spiro atoms. The highest BCUT2D eigenvalue weighted by atomic mass is 79.9. The molecule has 0 radical (unpaired) electrons. The summed E-state index contributed by atoms with van der Waals surface area (Å²) < 4.78 is 12.2. The number of amides is 1. The van der Waals surface area contributed by atoms with E-state index >= 15 is 0 Å². The van der Waals surface area contributed by atoms with Crippen molar-refractivity contribution in [2.24, 2.45) is 0 Å². The monoisotopic (exact) mass is 617 g/mol. The quantitative estimate of drug-likeness (QED) is 0.167. The Morgan fingerprint density at radius 1 is 0.951 bits per heavy atom. The Morgan fingerprint density at radius 2 is 1.71 bits per heavy atom. The van der Waals surface area contributed by atoms with Gasteiger partial charge in [0.25, 0.3) is 5.91 Å². The number of rotatable bonds is 11. The molecule has 1 aliphatic heterocycles. The number of nitrogens with one attached hydrogen (secondary N) is 1. The van der Waals surface area contributed by atoms with Crippen molar-refractivity contribution in [2.45, 2.75) is 19.8 Å². The summed E-state index contributed by atoms with van der Waals surface area (Å²) in [5, 5.41) is 4.38. The topological polar surface area (TPSA) is 75.0 Å². The van der Waals surface area contributed by atoms with Crippen LogP contribution in [0.25, 0.3) is 22.3 Å². The number of ether oxygens (including phenoxy) is 1. The number of hydrogen-bond acceptors (Lipinski definition) is 6. The first kappa shape index (κ1) is 28.9. The van der Waals surface area contributed by atoms with Crippen LogP contribution in [-0.2, 0) is 0 Å². The van der Waals surface area contributed by atoms with Gasteiger partial charge in [0.15, 0.2) is 11.0 Å². The fraction of sp³-hybridized carbons (Fsp3) is 0.333. The Bertz CT molecular complexity index is 1530. The first-order chi connectivity index (χ1) is 20.1. The Kier molecular flexibility index (Phi) is 9.75. The van der Waals surface area contributed by atoms with E-state index in [9.17, 15) is 9.59 Å². The van der Waals surface area contributed by atoms with Crippen molar-refractivity contribution in [3.63, 3.8) is 0 Å². The van der Waals surface area contributed by atoms with E-state index in [1.807, 2.05) is 42.5 Å². The molecule has 1 aliphatic rings. The van der Waals surface area contributed by atoms with E-state index in [4.69, 9.17) is 9.15 Å². The molecular weight excluding hydrogens is 582 g/mol. The van der Waals surface area contributed by atoms with Crippen LogP contribution in [0.2, 0.25) is 0 Å². The van der Waals surface area contributed by atoms with Gasteiger partial charge in [0.05, 0.1) is 23.2 Å². The fourth-order valence-corrected chi connectivity index (χ4v) is 5.47. The summed E-state index contributed by atoms with van der Waals surface area (Å²) in [6.07, 6.45) is 1.81. The smallest absolute Gasteiger partial charge is 0.255 e. The van der Waals surface area contributed by atoms with E-state index in [1.165, 1.54) is 0 Å². The molecular formula is C33H36BrN3O4. The second-order valence-corrected chi connectivity index (χ2v) is 11.0. The van der Waals surface area contributed by atoms with Crippen molar-refractivity contribution >= 4 is 38.5 Å². The van der Waals surface area contributed by atoms with E-state index < -0.39 is 0 Å². The summed E-state index contributed by atoms with van der Waals surface area (Å²) in [5.41, 5.74) is 3.08. The number of carbonyl (C=O) groups is 1. The Balaban J connectivity index is 1.16. The zero-order valence-electron chi connectivity index (χ0n) is 23.4. The molecule has 1 fully saturated rings. The lowest BCUT2D eigenvalue weighted by Crippen LogP contribution is -2.47. The SMILES string of the molecule is Cc1c(-c2ccccc2)oc2c(C(=O)NCCCN3CCN(c4ccccc4OCCCBr)CC3)cccc2c1=O. The number of hydrogen-bond donors (Lipinski definition) is 1. The summed E-state index contributed by atoms with van der Waals surface area (Å²) in [6.45, 7) is 7.69. The predicted octanol–water partition coefficient (Wildman–Crippen LogP) is 5.87. The summed E-state index contributed by atoms with van der Waals surface area (Å²) in [4.78, 5) is 31.1. The van der Waals surface area contributed by atoms with Crippen LogP contribution in [-0.4, -0.2) is 62.0 Å². The van der Waals surface area contributed by atoms with Gasteiger partial charge in [-0.3, -0.25) is 14.5 Å². The van der Waals surface area contributed by atoms with Gasteiger partial charge in [-0.25, -0.2) is 0 Å². The van der Waals surface area contributed by atoms with Gasteiger partial charge in [-0.15, -0.1) is 0 Å². The van der Waals surface area contributed by atoms with Gasteiger partial charge >= 0.3 is 0 Å². The van der Waals surface area contributed by atoms with Gasteiger partial charge in [0, 0.05) is 49.2 Å². The average molecular weight is 619 g/mol. The summed E-state index contributed by atoms with van der Waals surface area (Å²) in [7, 11) is 0. The molecule has 3 aromatic carbocycles. The van der Waals surface area contributed by atoms with Crippen LogP contribution in [0.15, 0.2) is 82.0 Å².